The lowest BCUT2D eigenvalue weighted by Crippen LogP contribution is -2.34. The van der Waals surface area contributed by atoms with Crippen LogP contribution in [0.5, 0.6) is 5.75 Å². The minimum absolute atomic E-state index is 0.211. The topological polar surface area (TPSA) is 76.4 Å². The number of oxazole rings is 1. The molecule has 7 heteroatoms. The number of aryl methyl sites for hydroxylation is 2. The van der Waals surface area contributed by atoms with Crippen LogP contribution in [-0.2, 0) is 0 Å². The Balaban J connectivity index is 1.48. The van der Waals surface area contributed by atoms with Gasteiger partial charge in [0.1, 0.15) is 11.3 Å². The molecule has 6 nitrogen and oxygen atoms in total. The molecule has 0 aliphatic heterocycles. The monoisotopic (exact) mass is 431 g/mol. The highest BCUT2D eigenvalue weighted by Gasteiger charge is 2.12. The average Bonchev–Trinajstić information content (AvgIpc) is 3.17. The highest BCUT2D eigenvalue weighted by atomic mass is 32.1. The van der Waals surface area contributed by atoms with Gasteiger partial charge in [-0.05, 0) is 80.2 Å². The van der Waals surface area contributed by atoms with E-state index in [4.69, 9.17) is 21.4 Å². The molecule has 156 valence electrons. The molecule has 0 unspecified atom stereocenters. The van der Waals surface area contributed by atoms with Crippen molar-refractivity contribution >= 4 is 40.0 Å². The van der Waals surface area contributed by atoms with Gasteiger partial charge in [-0.3, -0.25) is 10.1 Å². The standard InChI is InChI=1S/C24H21N3O3S/c1-14-4-10-19(15(2)12-14)22(28)27-24(31)25-17-7-11-21-20(13-17)26-23(30-21)16-5-8-18(29-3)9-6-16/h4-13H,1-3H3,(H2,25,27,28,31). The molecule has 31 heavy (non-hydrogen) atoms. The van der Waals surface area contributed by atoms with Gasteiger partial charge in [0.05, 0.1) is 7.11 Å². The third kappa shape index (κ3) is 4.57. The van der Waals surface area contributed by atoms with E-state index in [1.165, 1.54) is 0 Å². The van der Waals surface area contributed by atoms with Crippen molar-refractivity contribution in [1.82, 2.24) is 10.3 Å². The summed E-state index contributed by atoms with van der Waals surface area (Å²) < 4.78 is 11.0. The van der Waals surface area contributed by atoms with Gasteiger partial charge in [0.2, 0.25) is 5.89 Å². The minimum Gasteiger partial charge on any atom is -0.497 e. The van der Waals surface area contributed by atoms with Gasteiger partial charge >= 0.3 is 0 Å². The summed E-state index contributed by atoms with van der Waals surface area (Å²) in [5.74, 6) is 1.03. The first-order valence-corrected chi connectivity index (χ1v) is 10.1. The normalized spacial score (nSPS) is 10.7. The lowest BCUT2D eigenvalue weighted by Gasteiger charge is -2.11. The maximum absolute atomic E-state index is 12.5. The summed E-state index contributed by atoms with van der Waals surface area (Å²) in [6.45, 7) is 3.89. The largest absolute Gasteiger partial charge is 0.497 e. The van der Waals surface area contributed by atoms with E-state index in [-0.39, 0.29) is 11.0 Å². The summed E-state index contributed by atoms with van der Waals surface area (Å²) in [5, 5.41) is 5.96. The van der Waals surface area contributed by atoms with Crippen LogP contribution < -0.4 is 15.4 Å². The summed E-state index contributed by atoms with van der Waals surface area (Å²) in [4.78, 5) is 17.1. The Labute approximate surface area is 185 Å². The predicted molar refractivity (Wildman–Crippen MR) is 126 cm³/mol. The molecule has 0 atom stereocenters. The van der Waals surface area contributed by atoms with Crippen molar-refractivity contribution in [3.63, 3.8) is 0 Å². The molecular formula is C24H21N3O3S. The van der Waals surface area contributed by atoms with Crippen LogP contribution in [0.25, 0.3) is 22.6 Å². The zero-order valence-corrected chi connectivity index (χ0v) is 18.2. The fourth-order valence-corrected chi connectivity index (χ4v) is 3.47. The summed E-state index contributed by atoms with van der Waals surface area (Å²) >= 11 is 5.31. The number of fused-ring (bicyclic) bond motifs is 1. The number of thiocarbonyl (C=S) groups is 1. The van der Waals surface area contributed by atoms with Gasteiger partial charge in [-0.2, -0.15) is 0 Å². The molecule has 0 aliphatic carbocycles. The van der Waals surface area contributed by atoms with E-state index < -0.39 is 0 Å². The number of nitrogens with zero attached hydrogens (tertiary/aromatic N) is 1. The van der Waals surface area contributed by atoms with Gasteiger partial charge in [-0.1, -0.05) is 17.7 Å². The number of rotatable bonds is 4. The number of hydrogen-bond acceptors (Lipinski definition) is 5. The Morgan fingerprint density at radius 2 is 1.81 bits per heavy atom. The predicted octanol–water partition coefficient (Wildman–Crippen LogP) is 5.25. The Bertz CT molecular complexity index is 1280. The molecule has 0 saturated carbocycles. The molecule has 1 amide bonds. The molecule has 2 N–H and O–H groups in total. The number of nitrogens with one attached hydrogen (secondary N) is 2. The molecule has 1 heterocycles. The number of carbonyl (C=O) groups excluding carboxylic acids is 1. The smallest absolute Gasteiger partial charge is 0.257 e. The molecule has 4 rings (SSSR count). The fraction of sp³-hybridized carbons (Fsp3) is 0.125. The Morgan fingerprint density at radius 1 is 1.03 bits per heavy atom. The first kappa shape index (κ1) is 20.6. The second-order valence-electron chi connectivity index (χ2n) is 7.16. The molecule has 0 spiro atoms. The number of anilines is 1. The zero-order chi connectivity index (χ0) is 22.0. The van der Waals surface area contributed by atoms with Crippen LogP contribution in [0.2, 0.25) is 0 Å². The van der Waals surface area contributed by atoms with E-state index in [9.17, 15) is 4.79 Å². The van der Waals surface area contributed by atoms with Crippen molar-refractivity contribution in [3.05, 3.63) is 77.4 Å². The maximum atomic E-state index is 12.5. The molecule has 0 radical (unpaired) electrons. The number of ether oxygens (including phenoxy) is 1. The third-order valence-corrected chi connectivity index (χ3v) is 5.04. The second-order valence-corrected chi connectivity index (χ2v) is 7.56. The number of benzene rings is 3. The Morgan fingerprint density at radius 3 is 2.52 bits per heavy atom. The Hall–Kier alpha value is -3.71. The molecule has 4 aromatic rings. The SMILES string of the molecule is COc1ccc(-c2nc3cc(NC(=S)NC(=O)c4ccc(C)cc4C)ccc3o2)cc1. The Kier molecular flexibility index (Phi) is 5.68. The number of methoxy groups -OCH3 is 1. The van der Waals surface area contributed by atoms with Crippen molar-refractivity contribution in [1.29, 1.82) is 0 Å². The van der Waals surface area contributed by atoms with Gasteiger partial charge in [-0.25, -0.2) is 4.98 Å². The van der Waals surface area contributed by atoms with Gasteiger partial charge in [0, 0.05) is 16.8 Å². The lowest BCUT2D eigenvalue weighted by molar-refractivity contribution is 0.0977. The summed E-state index contributed by atoms with van der Waals surface area (Å²) in [6, 6.07) is 18.6. The van der Waals surface area contributed by atoms with Crippen LogP contribution in [0, 0.1) is 13.8 Å². The van der Waals surface area contributed by atoms with E-state index >= 15 is 0 Å². The first-order chi connectivity index (χ1) is 14.9. The zero-order valence-electron chi connectivity index (χ0n) is 17.4. The van der Waals surface area contributed by atoms with Crippen molar-refractivity contribution in [2.45, 2.75) is 13.8 Å². The van der Waals surface area contributed by atoms with E-state index in [1.54, 1.807) is 13.2 Å². The first-order valence-electron chi connectivity index (χ1n) is 9.67. The highest BCUT2D eigenvalue weighted by molar-refractivity contribution is 7.80. The van der Waals surface area contributed by atoms with E-state index in [0.717, 1.165) is 22.4 Å². The van der Waals surface area contributed by atoms with Gasteiger partial charge < -0.3 is 14.5 Å². The van der Waals surface area contributed by atoms with Crippen molar-refractivity contribution in [3.8, 4) is 17.2 Å². The molecule has 0 aliphatic rings. The third-order valence-electron chi connectivity index (χ3n) is 4.84. The molecule has 0 fully saturated rings. The van der Waals surface area contributed by atoms with Crippen molar-refractivity contribution in [2.24, 2.45) is 0 Å². The van der Waals surface area contributed by atoms with Crippen molar-refractivity contribution in [2.75, 3.05) is 12.4 Å². The molecule has 1 aromatic heterocycles. The maximum Gasteiger partial charge on any atom is 0.257 e. The van der Waals surface area contributed by atoms with Crippen LogP contribution in [0.3, 0.4) is 0 Å². The summed E-state index contributed by atoms with van der Waals surface area (Å²) in [6.07, 6.45) is 0. The van der Waals surface area contributed by atoms with Crippen LogP contribution >= 0.6 is 12.2 Å². The van der Waals surface area contributed by atoms with Gasteiger partial charge in [-0.15, -0.1) is 0 Å². The molecule has 3 aromatic carbocycles. The number of aromatic nitrogens is 1. The van der Waals surface area contributed by atoms with E-state index in [0.29, 0.717) is 28.2 Å². The minimum atomic E-state index is -0.251. The van der Waals surface area contributed by atoms with Crippen LogP contribution in [0.1, 0.15) is 21.5 Å². The number of hydrogen-bond donors (Lipinski definition) is 2. The molecule has 0 bridgehead atoms. The van der Waals surface area contributed by atoms with Crippen LogP contribution in [-0.4, -0.2) is 23.1 Å². The van der Waals surface area contributed by atoms with Gasteiger partial charge in [0.25, 0.3) is 5.91 Å². The van der Waals surface area contributed by atoms with Crippen LogP contribution in [0.15, 0.2) is 65.1 Å². The van der Waals surface area contributed by atoms with Crippen LogP contribution in [0.4, 0.5) is 5.69 Å². The lowest BCUT2D eigenvalue weighted by atomic mass is 10.1. The highest BCUT2D eigenvalue weighted by Crippen LogP contribution is 2.27. The summed E-state index contributed by atoms with van der Waals surface area (Å²) in [5.41, 5.74) is 5.47. The fourth-order valence-electron chi connectivity index (χ4n) is 3.26. The number of carbonyl (C=O) groups is 1. The molecular weight excluding hydrogens is 410 g/mol. The van der Waals surface area contributed by atoms with E-state index in [1.807, 2.05) is 68.4 Å². The number of amides is 1. The summed E-state index contributed by atoms with van der Waals surface area (Å²) in [7, 11) is 1.62. The van der Waals surface area contributed by atoms with E-state index in [2.05, 4.69) is 15.6 Å². The average molecular weight is 432 g/mol. The molecule has 0 saturated heterocycles. The van der Waals surface area contributed by atoms with Crippen molar-refractivity contribution < 1.29 is 13.9 Å². The van der Waals surface area contributed by atoms with Gasteiger partial charge in [0.15, 0.2) is 10.7 Å². The quantitative estimate of drug-likeness (QED) is 0.430. The second kappa shape index (κ2) is 8.57.